The Morgan fingerprint density at radius 2 is 1.76 bits per heavy atom. The number of nitrogens with zero attached hydrogens (tertiary/aromatic N) is 1. The van der Waals surface area contributed by atoms with Gasteiger partial charge >= 0.3 is 0 Å². The van der Waals surface area contributed by atoms with Crippen LogP contribution in [0.25, 0.3) is 0 Å². The number of hydrogen-bond acceptors (Lipinski definition) is 3. The Bertz CT molecular complexity index is 851. The molecular weight excluding hydrogens is 404 g/mol. The van der Waals surface area contributed by atoms with Gasteiger partial charge in [-0.3, -0.25) is 9.10 Å². The third-order valence-electron chi connectivity index (χ3n) is 3.75. The van der Waals surface area contributed by atoms with Crippen molar-refractivity contribution in [2.24, 2.45) is 0 Å². The number of amides is 1. The van der Waals surface area contributed by atoms with Crippen molar-refractivity contribution in [2.45, 2.75) is 26.3 Å². The zero-order chi connectivity index (χ0) is 18.6. The van der Waals surface area contributed by atoms with Crippen molar-refractivity contribution in [2.75, 3.05) is 15.9 Å². The highest BCUT2D eigenvalue weighted by atomic mass is 79.9. The summed E-state index contributed by atoms with van der Waals surface area (Å²) in [5, 5.41) is 2.80. The van der Waals surface area contributed by atoms with Crippen LogP contribution in [0.1, 0.15) is 18.9 Å². The number of hydrogen-bond donors (Lipinski definition) is 1. The van der Waals surface area contributed by atoms with Crippen LogP contribution in [0.4, 0.5) is 11.4 Å². The fourth-order valence-electron chi connectivity index (χ4n) is 2.53. The Hall–Kier alpha value is -1.86. The Morgan fingerprint density at radius 1 is 1.16 bits per heavy atom. The average Bonchev–Trinajstić information content (AvgIpc) is 2.54. The predicted octanol–water partition coefficient (Wildman–Crippen LogP) is 3.94. The molecule has 0 unspecified atom stereocenters. The first-order chi connectivity index (χ1) is 11.7. The first-order valence-electron chi connectivity index (χ1n) is 7.85. The van der Waals surface area contributed by atoms with Crippen LogP contribution in [0.3, 0.4) is 0 Å². The zero-order valence-electron chi connectivity index (χ0n) is 14.4. The molecule has 0 saturated carbocycles. The quantitative estimate of drug-likeness (QED) is 0.763. The van der Waals surface area contributed by atoms with E-state index in [-0.39, 0.29) is 5.91 Å². The summed E-state index contributed by atoms with van der Waals surface area (Å²) in [5.41, 5.74) is 2.09. The van der Waals surface area contributed by atoms with Crippen molar-refractivity contribution in [3.63, 3.8) is 0 Å². The minimum Gasteiger partial charge on any atom is -0.323 e. The highest BCUT2D eigenvalue weighted by Gasteiger charge is 2.31. The van der Waals surface area contributed by atoms with E-state index in [4.69, 9.17) is 0 Å². The minimum atomic E-state index is -3.63. The molecule has 1 atom stereocenters. The molecule has 0 aliphatic heterocycles. The Kier molecular flexibility index (Phi) is 6.24. The monoisotopic (exact) mass is 424 g/mol. The van der Waals surface area contributed by atoms with Gasteiger partial charge in [0.05, 0.1) is 17.6 Å². The van der Waals surface area contributed by atoms with Gasteiger partial charge < -0.3 is 5.32 Å². The normalized spacial score (nSPS) is 12.5. The van der Waals surface area contributed by atoms with Crippen LogP contribution < -0.4 is 9.62 Å². The van der Waals surface area contributed by atoms with E-state index in [0.29, 0.717) is 17.8 Å². The Morgan fingerprint density at radius 3 is 2.28 bits per heavy atom. The lowest BCUT2D eigenvalue weighted by Crippen LogP contribution is -2.47. The van der Waals surface area contributed by atoms with Crippen LogP contribution >= 0.6 is 15.9 Å². The van der Waals surface area contributed by atoms with Crippen LogP contribution in [0.5, 0.6) is 0 Å². The lowest BCUT2D eigenvalue weighted by molar-refractivity contribution is -0.117. The number of benzene rings is 2. The number of halogens is 1. The van der Waals surface area contributed by atoms with Crippen LogP contribution in [0, 0.1) is 6.92 Å². The molecule has 0 spiro atoms. The van der Waals surface area contributed by atoms with E-state index in [0.717, 1.165) is 16.3 Å². The summed E-state index contributed by atoms with van der Waals surface area (Å²) in [4.78, 5) is 12.8. The van der Waals surface area contributed by atoms with Gasteiger partial charge in [-0.25, -0.2) is 8.42 Å². The standard InChI is InChI=1S/C18H21BrN2O3S/c1-4-17(18(22)20-16-8-6-5-7-15(16)19)21(25(3,23)24)14-11-9-13(2)10-12-14/h5-12,17H,4H2,1-3H3,(H,20,22)/t17-/m0/s1. The second-order valence-electron chi connectivity index (χ2n) is 5.79. The van der Waals surface area contributed by atoms with Gasteiger partial charge in [-0.1, -0.05) is 36.8 Å². The predicted molar refractivity (Wildman–Crippen MR) is 105 cm³/mol. The fraction of sp³-hybridized carbons (Fsp3) is 0.278. The van der Waals surface area contributed by atoms with Crippen LogP contribution in [-0.4, -0.2) is 26.6 Å². The van der Waals surface area contributed by atoms with Crippen molar-refractivity contribution in [3.05, 3.63) is 58.6 Å². The van der Waals surface area contributed by atoms with E-state index >= 15 is 0 Å². The molecule has 0 fully saturated rings. The van der Waals surface area contributed by atoms with Crippen LogP contribution in [-0.2, 0) is 14.8 Å². The maximum absolute atomic E-state index is 12.8. The second kappa shape index (κ2) is 8.01. The average molecular weight is 425 g/mol. The van der Waals surface area contributed by atoms with E-state index in [1.165, 1.54) is 4.31 Å². The minimum absolute atomic E-state index is 0.344. The van der Waals surface area contributed by atoms with Gasteiger partial charge in [0.15, 0.2) is 0 Å². The molecule has 2 rings (SSSR count). The van der Waals surface area contributed by atoms with Crippen LogP contribution in [0.15, 0.2) is 53.0 Å². The molecule has 1 amide bonds. The number of anilines is 2. The molecule has 1 N–H and O–H groups in total. The van der Waals surface area contributed by atoms with Crippen molar-refractivity contribution in [1.29, 1.82) is 0 Å². The van der Waals surface area contributed by atoms with Gasteiger partial charge in [-0.15, -0.1) is 0 Å². The number of para-hydroxylation sites is 1. The van der Waals surface area contributed by atoms with Crippen molar-refractivity contribution >= 4 is 43.2 Å². The summed E-state index contributed by atoms with van der Waals surface area (Å²) in [6.45, 7) is 3.71. The van der Waals surface area contributed by atoms with Crippen LogP contribution in [0.2, 0.25) is 0 Å². The highest BCUT2D eigenvalue weighted by Crippen LogP contribution is 2.26. The highest BCUT2D eigenvalue weighted by molar-refractivity contribution is 9.10. The van der Waals surface area contributed by atoms with Crippen molar-refractivity contribution in [1.82, 2.24) is 0 Å². The third-order valence-corrected chi connectivity index (χ3v) is 5.62. The SMILES string of the molecule is CC[C@@H](C(=O)Nc1ccccc1Br)N(c1ccc(C)cc1)S(C)(=O)=O. The third kappa shape index (κ3) is 4.83. The van der Waals surface area contributed by atoms with E-state index in [1.807, 2.05) is 31.2 Å². The molecule has 0 bridgehead atoms. The van der Waals surface area contributed by atoms with E-state index in [9.17, 15) is 13.2 Å². The second-order valence-corrected chi connectivity index (χ2v) is 8.50. The lowest BCUT2D eigenvalue weighted by atomic mass is 10.1. The lowest BCUT2D eigenvalue weighted by Gasteiger charge is -2.30. The van der Waals surface area contributed by atoms with E-state index < -0.39 is 16.1 Å². The van der Waals surface area contributed by atoms with Gasteiger partial charge in [0.25, 0.3) is 0 Å². The number of nitrogens with one attached hydrogen (secondary N) is 1. The number of aryl methyl sites for hydroxylation is 1. The van der Waals surface area contributed by atoms with Gasteiger partial charge in [0.1, 0.15) is 6.04 Å². The number of carbonyl (C=O) groups excluding carboxylic acids is 1. The summed E-state index contributed by atoms with van der Waals surface area (Å²) >= 11 is 3.38. The maximum Gasteiger partial charge on any atom is 0.248 e. The molecule has 2 aromatic rings. The molecule has 0 aliphatic rings. The molecule has 0 aromatic heterocycles. The summed E-state index contributed by atoms with van der Waals surface area (Å²) in [6, 6.07) is 13.4. The molecular formula is C18H21BrN2O3S. The summed E-state index contributed by atoms with van der Waals surface area (Å²) in [5.74, 6) is -0.375. The van der Waals surface area contributed by atoms with E-state index in [2.05, 4.69) is 21.2 Å². The molecule has 7 heteroatoms. The molecule has 5 nitrogen and oxygen atoms in total. The van der Waals surface area contributed by atoms with E-state index in [1.54, 1.807) is 31.2 Å². The van der Waals surface area contributed by atoms with Gasteiger partial charge in [0, 0.05) is 4.47 Å². The largest absolute Gasteiger partial charge is 0.323 e. The summed E-state index contributed by atoms with van der Waals surface area (Å²) in [7, 11) is -3.63. The number of carbonyl (C=O) groups is 1. The first kappa shape index (κ1) is 19.5. The van der Waals surface area contributed by atoms with Gasteiger partial charge in [-0.2, -0.15) is 0 Å². The summed E-state index contributed by atoms with van der Waals surface area (Å²) in [6.07, 6.45) is 1.46. The van der Waals surface area contributed by atoms with Crippen molar-refractivity contribution < 1.29 is 13.2 Å². The fourth-order valence-corrected chi connectivity index (χ4v) is 4.13. The number of rotatable bonds is 6. The summed E-state index contributed by atoms with van der Waals surface area (Å²) < 4.78 is 26.7. The molecule has 0 saturated heterocycles. The van der Waals surface area contributed by atoms with Gasteiger partial charge in [0.2, 0.25) is 15.9 Å². The molecule has 0 heterocycles. The van der Waals surface area contributed by atoms with Crippen molar-refractivity contribution in [3.8, 4) is 0 Å². The molecule has 134 valence electrons. The molecule has 0 aliphatic carbocycles. The number of sulfonamides is 1. The Balaban J connectivity index is 2.38. The molecule has 0 radical (unpaired) electrons. The Labute approximate surface area is 157 Å². The van der Waals surface area contributed by atoms with Gasteiger partial charge in [-0.05, 0) is 53.5 Å². The smallest absolute Gasteiger partial charge is 0.248 e. The first-order valence-corrected chi connectivity index (χ1v) is 10.5. The molecule has 2 aromatic carbocycles. The molecule has 25 heavy (non-hydrogen) atoms. The maximum atomic E-state index is 12.8. The topological polar surface area (TPSA) is 66.5 Å². The zero-order valence-corrected chi connectivity index (χ0v) is 16.8.